The van der Waals surface area contributed by atoms with Crippen LogP contribution in [0, 0.1) is 0 Å². The Morgan fingerprint density at radius 1 is 0.478 bits per heavy atom. The van der Waals surface area contributed by atoms with E-state index in [1.54, 1.807) is 0 Å². The average Bonchev–Trinajstić information content (AvgIpc) is 3.43. The predicted octanol–water partition coefficient (Wildman–Crippen LogP) is 6.07. The standard InChI is InChI=1S/C23H18/c1-3-7-19-15-21(11-9-17(19)5-1)23(13-14-23)22-12-10-18-6-2-4-8-20(18)16-22/h1-12,15-16H,13-14H2. The van der Waals surface area contributed by atoms with Crippen molar-refractivity contribution in [3.8, 4) is 0 Å². The van der Waals surface area contributed by atoms with Gasteiger partial charge in [-0.3, -0.25) is 0 Å². The zero-order valence-corrected chi connectivity index (χ0v) is 13.0. The zero-order valence-electron chi connectivity index (χ0n) is 13.0. The van der Waals surface area contributed by atoms with Crippen LogP contribution < -0.4 is 0 Å². The largest absolute Gasteiger partial charge is 0.0616 e. The molecule has 0 N–H and O–H groups in total. The van der Waals surface area contributed by atoms with Gasteiger partial charge in [-0.1, -0.05) is 84.9 Å². The normalized spacial score (nSPS) is 15.8. The summed E-state index contributed by atoms with van der Waals surface area (Å²) in [6.45, 7) is 0. The van der Waals surface area contributed by atoms with Gasteiger partial charge in [-0.15, -0.1) is 0 Å². The molecule has 1 saturated carbocycles. The summed E-state index contributed by atoms with van der Waals surface area (Å²) in [5, 5.41) is 5.34. The van der Waals surface area contributed by atoms with Crippen LogP contribution in [0.25, 0.3) is 21.5 Å². The predicted molar refractivity (Wildman–Crippen MR) is 97.9 cm³/mol. The van der Waals surface area contributed by atoms with Crippen molar-refractivity contribution in [2.75, 3.05) is 0 Å². The second-order valence-corrected chi connectivity index (χ2v) is 6.71. The molecule has 0 nitrogen and oxygen atoms in total. The van der Waals surface area contributed by atoms with E-state index in [-0.39, 0.29) is 5.41 Å². The first-order chi connectivity index (χ1) is 11.4. The Morgan fingerprint density at radius 3 is 1.35 bits per heavy atom. The average molecular weight is 294 g/mol. The van der Waals surface area contributed by atoms with Crippen LogP contribution in [0.2, 0.25) is 0 Å². The molecule has 1 fully saturated rings. The first kappa shape index (κ1) is 12.9. The molecule has 1 aliphatic carbocycles. The molecular weight excluding hydrogens is 276 g/mol. The van der Waals surface area contributed by atoms with Crippen molar-refractivity contribution in [1.29, 1.82) is 0 Å². The van der Waals surface area contributed by atoms with Gasteiger partial charge in [0.15, 0.2) is 0 Å². The summed E-state index contributed by atoms with van der Waals surface area (Å²) in [7, 11) is 0. The van der Waals surface area contributed by atoms with Gasteiger partial charge in [0.1, 0.15) is 0 Å². The Hall–Kier alpha value is -2.60. The lowest BCUT2D eigenvalue weighted by atomic mass is 9.86. The summed E-state index contributed by atoms with van der Waals surface area (Å²) in [6.07, 6.45) is 2.51. The molecule has 0 atom stereocenters. The molecule has 4 aromatic rings. The summed E-state index contributed by atoms with van der Waals surface area (Å²) in [5.74, 6) is 0. The maximum Gasteiger partial charge on any atom is 0.0204 e. The molecule has 1 aliphatic rings. The van der Waals surface area contributed by atoms with Crippen molar-refractivity contribution in [2.24, 2.45) is 0 Å². The van der Waals surface area contributed by atoms with Crippen LogP contribution in [-0.2, 0) is 5.41 Å². The van der Waals surface area contributed by atoms with E-state index in [9.17, 15) is 0 Å². The molecule has 0 unspecified atom stereocenters. The maximum atomic E-state index is 2.39. The van der Waals surface area contributed by atoms with Crippen LogP contribution in [0.15, 0.2) is 84.9 Å². The summed E-state index contributed by atoms with van der Waals surface area (Å²) < 4.78 is 0. The molecule has 0 bridgehead atoms. The van der Waals surface area contributed by atoms with Gasteiger partial charge in [0, 0.05) is 5.41 Å². The topological polar surface area (TPSA) is 0 Å². The second-order valence-electron chi connectivity index (χ2n) is 6.71. The monoisotopic (exact) mass is 294 g/mol. The van der Waals surface area contributed by atoms with E-state index in [0.717, 1.165) is 0 Å². The molecule has 0 aliphatic heterocycles. The number of benzene rings is 4. The van der Waals surface area contributed by atoms with Crippen molar-refractivity contribution in [1.82, 2.24) is 0 Å². The van der Waals surface area contributed by atoms with Gasteiger partial charge < -0.3 is 0 Å². The minimum Gasteiger partial charge on any atom is -0.0616 e. The Labute approximate surface area is 136 Å². The summed E-state index contributed by atoms with van der Waals surface area (Å²) in [6, 6.07) is 31.2. The highest BCUT2D eigenvalue weighted by molar-refractivity contribution is 5.85. The maximum absolute atomic E-state index is 2.39. The van der Waals surface area contributed by atoms with Crippen molar-refractivity contribution >= 4 is 21.5 Å². The fraction of sp³-hybridized carbons (Fsp3) is 0.130. The van der Waals surface area contributed by atoms with Crippen molar-refractivity contribution in [3.63, 3.8) is 0 Å². The minimum absolute atomic E-state index is 0.230. The number of fused-ring (bicyclic) bond motifs is 2. The number of hydrogen-bond acceptors (Lipinski definition) is 0. The van der Waals surface area contributed by atoms with Gasteiger partial charge in [0.05, 0.1) is 0 Å². The fourth-order valence-corrected chi connectivity index (χ4v) is 3.84. The molecule has 0 amide bonds. The third-order valence-corrected chi connectivity index (χ3v) is 5.35. The van der Waals surface area contributed by atoms with Crippen LogP contribution in [0.4, 0.5) is 0 Å². The molecule has 0 heteroatoms. The Kier molecular flexibility index (Phi) is 2.63. The number of rotatable bonds is 2. The Morgan fingerprint density at radius 2 is 0.913 bits per heavy atom. The summed E-state index contributed by atoms with van der Waals surface area (Å²) >= 11 is 0. The van der Waals surface area contributed by atoms with E-state index < -0.39 is 0 Å². The van der Waals surface area contributed by atoms with E-state index in [2.05, 4.69) is 84.9 Å². The Balaban J connectivity index is 1.67. The molecular formula is C23H18. The second kappa shape index (κ2) is 4.70. The first-order valence-electron chi connectivity index (χ1n) is 8.34. The van der Waals surface area contributed by atoms with Gasteiger partial charge in [0.25, 0.3) is 0 Å². The van der Waals surface area contributed by atoms with Crippen LogP contribution in [0.5, 0.6) is 0 Å². The van der Waals surface area contributed by atoms with Gasteiger partial charge in [-0.05, 0) is 45.5 Å². The van der Waals surface area contributed by atoms with Crippen LogP contribution in [0.1, 0.15) is 24.0 Å². The SMILES string of the molecule is c1ccc2cc(C3(c4ccc5ccccc5c4)CC3)ccc2c1. The molecule has 4 aromatic carbocycles. The van der Waals surface area contributed by atoms with E-state index in [0.29, 0.717) is 0 Å². The van der Waals surface area contributed by atoms with Crippen LogP contribution in [-0.4, -0.2) is 0 Å². The highest BCUT2D eigenvalue weighted by Crippen LogP contribution is 2.54. The van der Waals surface area contributed by atoms with Gasteiger partial charge >= 0.3 is 0 Å². The highest BCUT2D eigenvalue weighted by atomic mass is 14.5. The third-order valence-electron chi connectivity index (χ3n) is 5.35. The lowest BCUT2D eigenvalue weighted by molar-refractivity contribution is 0.851. The molecule has 0 radical (unpaired) electrons. The van der Waals surface area contributed by atoms with Gasteiger partial charge in [0.2, 0.25) is 0 Å². The van der Waals surface area contributed by atoms with Gasteiger partial charge in [-0.25, -0.2) is 0 Å². The molecule has 23 heavy (non-hydrogen) atoms. The van der Waals surface area contributed by atoms with E-state index >= 15 is 0 Å². The summed E-state index contributed by atoms with van der Waals surface area (Å²) in [4.78, 5) is 0. The minimum atomic E-state index is 0.230. The fourth-order valence-electron chi connectivity index (χ4n) is 3.84. The molecule has 0 heterocycles. The van der Waals surface area contributed by atoms with Crippen LogP contribution >= 0.6 is 0 Å². The highest BCUT2D eigenvalue weighted by Gasteiger charge is 2.45. The summed E-state index contributed by atoms with van der Waals surface area (Å²) in [5.41, 5.74) is 3.16. The molecule has 5 rings (SSSR count). The van der Waals surface area contributed by atoms with Crippen molar-refractivity contribution in [3.05, 3.63) is 96.1 Å². The van der Waals surface area contributed by atoms with E-state index in [1.807, 2.05) is 0 Å². The quantitative estimate of drug-likeness (QED) is 0.420. The third kappa shape index (κ3) is 1.98. The lowest BCUT2D eigenvalue weighted by Crippen LogP contribution is -2.08. The van der Waals surface area contributed by atoms with Crippen LogP contribution in [0.3, 0.4) is 0 Å². The molecule has 0 spiro atoms. The van der Waals surface area contributed by atoms with E-state index in [1.165, 1.54) is 45.5 Å². The Bertz CT molecular complexity index is 941. The van der Waals surface area contributed by atoms with Gasteiger partial charge in [-0.2, -0.15) is 0 Å². The molecule has 0 saturated heterocycles. The first-order valence-corrected chi connectivity index (χ1v) is 8.34. The lowest BCUT2D eigenvalue weighted by Gasteiger charge is -2.18. The molecule has 110 valence electrons. The number of hydrogen-bond donors (Lipinski definition) is 0. The smallest absolute Gasteiger partial charge is 0.0204 e. The molecule has 0 aromatic heterocycles. The zero-order chi connectivity index (χ0) is 15.3. The van der Waals surface area contributed by atoms with E-state index in [4.69, 9.17) is 0 Å². The van der Waals surface area contributed by atoms with Crippen molar-refractivity contribution in [2.45, 2.75) is 18.3 Å². The van der Waals surface area contributed by atoms with Crippen molar-refractivity contribution < 1.29 is 0 Å².